The Kier molecular flexibility index (Phi) is 8.35. The summed E-state index contributed by atoms with van der Waals surface area (Å²) in [4.78, 5) is 25.3. The SMILES string of the molecule is CSCCC(NC(=O)COc1ccccc1)C(=O)NC(C)c1ccc2ccccc2c1. The standard InChI is InChI=1S/C25H28N2O3S/c1-18(20-13-12-19-8-6-7-9-21(19)16-20)26-25(29)23(14-15-31-2)27-24(28)17-30-22-10-4-3-5-11-22/h3-13,16,18,23H,14-15,17H2,1-2H3,(H,26,29)(H,27,28). The molecule has 0 aliphatic heterocycles. The zero-order valence-electron chi connectivity index (χ0n) is 17.8. The largest absolute Gasteiger partial charge is 0.484 e. The maximum absolute atomic E-state index is 12.9. The first-order chi connectivity index (χ1) is 15.1. The molecule has 0 spiro atoms. The fourth-order valence-corrected chi connectivity index (χ4v) is 3.75. The van der Waals surface area contributed by atoms with Crippen molar-refractivity contribution in [3.05, 3.63) is 78.4 Å². The van der Waals surface area contributed by atoms with Gasteiger partial charge in [0.25, 0.3) is 5.91 Å². The Hall–Kier alpha value is -2.99. The van der Waals surface area contributed by atoms with E-state index < -0.39 is 6.04 Å². The quantitative estimate of drug-likeness (QED) is 0.496. The van der Waals surface area contributed by atoms with E-state index in [1.54, 1.807) is 23.9 Å². The third-order valence-corrected chi connectivity index (χ3v) is 5.65. The minimum absolute atomic E-state index is 0.132. The molecule has 2 atom stereocenters. The molecule has 3 aromatic rings. The number of hydrogen-bond donors (Lipinski definition) is 2. The molecule has 2 N–H and O–H groups in total. The number of amides is 2. The molecule has 2 unspecified atom stereocenters. The van der Waals surface area contributed by atoms with Crippen LogP contribution in [0.2, 0.25) is 0 Å². The Bertz CT molecular complexity index is 1010. The highest BCUT2D eigenvalue weighted by molar-refractivity contribution is 7.98. The lowest BCUT2D eigenvalue weighted by Crippen LogP contribution is -2.48. The minimum Gasteiger partial charge on any atom is -0.484 e. The average molecular weight is 437 g/mol. The average Bonchev–Trinajstić information content (AvgIpc) is 2.80. The molecule has 2 amide bonds. The van der Waals surface area contributed by atoms with Crippen LogP contribution in [-0.4, -0.2) is 36.5 Å². The first kappa shape index (κ1) is 22.7. The van der Waals surface area contributed by atoms with E-state index >= 15 is 0 Å². The number of hydrogen-bond acceptors (Lipinski definition) is 4. The maximum Gasteiger partial charge on any atom is 0.258 e. The van der Waals surface area contributed by atoms with Crippen LogP contribution in [-0.2, 0) is 9.59 Å². The Morgan fingerprint density at radius 1 is 0.935 bits per heavy atom. The maximum atomic E-state index is 12.9. The van der Waals surface area contributed by atoms with Gasteiger partial charge in [-0.3, -0.25) is 9.59 Å². The summed E-state index contributed by atoms with van der Waals surface area (Å²) in [6, 6.07) is 22.7. The fourth-order valence-electron chi connectivity index (χ4n) is 3.28. The molecule has 0 saturated heterocycles. The Balaban J connectivity index is 1.60. The van der Waals surface area contributed by atoms with Crippen LogP contribution in [0.15, 0.2) is 72.8 Å². The van der Waals surface area contributed by atoms with Crippen LogP contribution in [0.4, 0.5) is 0 Å². The zero-order valence-corrected chi connectivity index (χ0v) is 18.7. The summed E-state index contributed by atoms with van der Waals surface area (Å²) in [5, 5.41) is 8.16. The second-order valence-corrected chi connectivity index (χ2v) is 8.33. The zero-order chi connectivity index (χ0) is 22.1. The molecule has 3 aromatic carbocycles. The molecule has 31 heavy (non-hydrogen) atoms. The lowest BCUT2D eigenvalue weighted by molar-refractivity contribution is -0.130. The highest BCUT2D eigenvalue weighted by Gasteiger charge is 2.22. The van der Waals surface area contributed by atoms with Gasteiger partial charge < -0.3 is 15.4 Å². The van der Waals surface area contributed by atoms with Crippen molar-refractivity contribution in [1.82, 2.24) is 10.6 Å². The Labute approximate surface area is 187 Å². The third-order valence-electron chi connectivity index (χ3n) is 5.01. The van der Waals surface area contributed by atoms with E-state index in [1.165, 1.54) is 0 Å². The molecule has 0 heterocycles. The van der Waals surface area contributed by atoms with Crippen molar-refractivity contribution < 1.29 is 14.3 Å². The molecule has 0 aliphatic rings. The third kappa shape index (κ3) is 6.76. The van der Waals surface area contributed by atoms with Crippen LogP contribution in [0.3, 0.4) is 0 Å². The molecular formula is C25H28N2O3S. The van der Waals surface area contributed by atoms with Gasteiger partial charge in [0.05, 0.1) is 6.04 Å². The summed E-state index contributed by atoms with van der Waals surface area (Å²) < 4.78 is 5.50. The van der Waals surface area contributed by atoms with Gasteiger partial charge in [-0.05, 0) is 59.9 Å². The highest BCUT2D eigenvalue weighted by Crippen LogP contribution is 2.20. The van der Waals surface area contributed by atoms with Gasteiger partial charge in [-0.2, -0.15) is 11.8 Å². The van der Waals surface area contributed by atoms with Crippen molar-refractivity contribution in [3.8, 4) is 5.75 Å². The van der Waals surface area contributed by atoms with E-state index in [0.717, 1.165) is 22.1 Å². The number of carbonyl (C=O) groups excluding carboxylic acids is 2. The second kappa shape index (κ2) is 11.4. The number of rotatable bonds is 10. The van der Waals surface area contributed by atoms with Gasteiger partial charge in [0.1, 0.15) is 11.8 Å². The van der Waals surface area contributed by atoms with Crippen molar-refractivity contribution in [2.75, 3.05) is 18.6 Å². The summed E-state index contributed by atoms with van der Waals surface area (Å²) in [6.07, 6.45) is 2.53. The first-order valence-electron chi connectivity index (χ1n) is 10.3. The highest BCUT2D eigenvalue weighted by atomic mass is 32.2. The van der Waals surface area contributed by atoms with Crippen LogP contribution in [0.5, 0.6) is 5.75 Å². The van der Waals surface area contributed by atoms with Crippen LogP contribution < -0.4 is 15.4 Å². The minimum atomic E-state index is -0.609. The molecule has 6 heteroatoms. The van der Waals surface area contributed by atoms with E-state index in [9.17, 15) is 9.59 Å². The lowest BCUT2D eigenvalue weighted by atomic mass is 10.0. The van der Waals surface area contributed by atoms with E-state index in [-0.39, 0.29) is 24.5 Å². The summed E-state index contributed by atoms with van der Waals surface area (Å²) in [5.74, 6) is 0.876. The molecule has 3 rings (SSSR count). The van der Waals surface area contributed by atoms with Crippen molar-refractivity contribution in [1.29, 1.82) is 0 Å². The number of ether oxygens (including phenoxy) is 1. The van der Waals surface area contributed by atoms with E-state index in [2.05, 4.69) is 34.9 Å². The predicted molar refractivity (Wildman–Crippen MR) is 127 cm³/mol. The summed E-state index contributed by atoms with van der Waals surface area (Å²) in [7, 11) is 0. The van der Waals surface area contributed by atoms with Crippen LogP contribution >= 0.6 is 11.8 Å². The van der Waals surface area contributed by atoms with Gasteiger partial charge in [0.2, 0.25) is 5.91 Å². The number of thioether (sulfide) groups is 1. The van der Waals surface area contributed by atoms with Gasteiger partial charge in [0.15, 0.2) is 6.61 Å². The Morgan fingerprint density at radius 3 is 2.39 bits per heavy atom. The summed E-state index contributed by atoms with van der Waals surface area (Å²) in [5.41, 5.74) is 1.02. The van der Waals surface area contributed by atoms with Gasteiger partial charge in [-0.1, -0.05) is 54.6 Å². The van der Waals surface area contributed by atoms with E-state index in [4.69, 9.17) is 4.74 Å². The van der Waals surface area contributed by atoms with Crippen molar-refractivity contribution in [2.45, 2.75) is 25.4 Å². The molecule has 0 fully saturated rings. The van der Waals surface area contributed by atoms with Gasteiger partial charge in [-0.15, -0.1) is 0 Å². The van der Waals surface area contributed by atoms with Crippen molar-refractivity contribution in [2.24, 2.45) is 0 Å². The van der Waals surface area contributed by atoms with E-state index in [0.29, 0.717) is 12.2 Å². The monoisotopic (exact) mass is 436 g/mol. The number of para-hydroxylation sites is 1. The first-order valence-corrected chi connectivity index (χ1v) is 11.7. The normalized spacial score (nSPS) is 12.7. The number of benzene rings is 3. The lowest BCUT2D eigenvalue weighted by Gasteiger charge is -2.22. The number of nitrogens with one attached hydrogen (secondary N) is 2. The molecule has 0 aliphatic carbocycles. The molecule has 162 valence electrons. The number of carbonyl (C=O) groups is 2. The molecule has 5 nitrogen and oxygen atoms in total. The Morgan fingerprint density at radius 2 is 1.65 bits per heavy atom. The van der Waals surface area contributed by atoms with Gasteiger partial charge >= 0.3 is 0 Å². The molecule has 0 radical (unpaired) electrons. The topological polar surface area (TPSA) is 67.4 Å². The molecule has 0 aromatic heterocycles. The van der Waals surface area contributed by atoms with Crippen LogP contribution in [0, 0.1) is 0 Å². The molecule has 0 saturated carbocycles. The molecule has 0 bridgehead atoms. The van der Waals surface area contributed by atoms with Crippen molar-refractivity contribution in [3.63, 3.8) is 0 Å². The van der Waals surface area contributed by atoms with E-state index in [1.807, 2.05) is 49.6 Å². The van der Waals surface area contributed by atoms with Crippen molar-refractivity contribution >= 4 is 34.3 Å². The fraction of sp³-hybridized carbons (Fsp3) is 0.280. The predicted octanol–water partition coefficient (Wildman–Crippen LogP) is 4.33. The second-order valence-electron chi connectivity index (χ2n) is 7.34. The smallest absolute Gasteiger partial charge is 0.258 e. The van der Waals surface area contributed by atoms with Gasteiger partial charge in [-0.25, -0.2) is 0 Å². The van der Waals surface area contributed by atoms with Gasteiger partial charge in [0, 0.05) is 0 Å². The van der Waals surface area contributed by atoms with Crippen LogP contribution in [0.1, 0.15) is 24.9 Å². The number of fused-ring (bicyclic) bond motifs is 1. The van der Waals surface area contributed by atoms with Crippen LogP contribution in [0.25, 0.3) is 10.8 Å². The summed E-state index contributed by atoms with van der Waals surface area (Å²) >= 11 is 1.64. The molecular weight excluding hydrogens is 408 g/mol. The summed E-state index contributed by atoms with van der Waals surface area (Å²) in [6.45, 7) is 1.82.